The van der Waals surface area contributed by atoms with Gasteiger partial charge in [-0.2, -0.15) is 0 Å². The molecular weight excluding hydrogens is 228 g/mol. The number of nitrogens with one attached hydrogen (secondary N) is 1. The molecule has 0 aliphatic heterocycles. The van der Waals surface area contributed by atoms with Gasteiger partial charge < -0.3 is 19.5 Å². The standard InChI is InChI=1S/C13H26N4O/c1-4-16(3)10-11-17-9-8-15-13(17)14-7-6-12-18-5-2/h8-9H,4-7,10-12H2,1-3H3,(H,14,15). The van der Waals surface area contributed by atoms with Crippen molar-refractivity contribution in [2.24, 2.45) is 0 Å². The lowest BCUT2D eigenvalue weighted by Crippen LogP contribution is -2.23. The van der Waals surface area contributed by atoms with E-state index in [4.69, 9.17) is 4.74 Å². The van der Waals surface area contributed by atoms with E-state index in [1.54, 1.807) is 0 Å². The summed E-state index contributed by atoms with van der Waals surface area (Å²) in [6, 6.07) is 0. The number of rotatable bonds is 10. The second-order valence-electron chi connectivity index (χ2n) is 4.32. The maximum Gasteiger partial charge on any atom is 0.202 e. The summed E-state index contributed by atoms with van der Waals surface area (Å²) in [5.41, 5.74) is 0. The summed E-state index contributed by atoms with van der Waals surface area (Å²) in [6.45, 7) is 9.77. The molecule has 0 fully saturated rings. The molecule has 0 atom stereocenters. The van der Waals surface area contributed by atoms with Gasteiger partial charge in [-0.3, -0.25) is 0 Å². The van der Waals surface area contributed by atoms with Gasteiger partial charge in [0.1, 0.15) is 0 Å². The number of nitrogens with zero attached hydrogens (tertiary/aromatic N) is 3. The zero-order valence-corrected chi connectivity index (χ0v) is 11.9. The molecule has 104 valence electrons. The van der Waals surface area contributed by atoms with Gasteiger partial charge in [0, 0.05) is 45.2 Å². The zero-order valence-electron chi connectivity index (χ0n) is 11.9. The van der Waals surface area contributed by atoms with Gasteiger partial charge in [-0.05, 0) is 26.9 Å². The second kappa shape index (κ2) is 8.94. The summed E-state index contributed by atoms with van der Waals surface area (Å²) < 4.78 is 7.46. The Morgan fingerprint density at radius 1 is 1.44 bits per heavy atom. The van der Waals surface area contributed by atoms with Crippen LogP contribution in [0.4, 0.5) is 5.95 Å². The summed E-state index contributed by atoms with van der Waals surface area (Å²) in [5.74, 6) is 0.955. The molecule has 1 heterocycles. The Morgan fingerprint density at radius 3 is 3.00 bits per heavy atom. The summed E-state index contributed by atoms with van der Waals surface area (Å²) >= 11 is 0. The lowest BCUT2D eigenvalue weighted by Gasteiger charge is -2.15. The van der Waals surface area contributed by atoms with Crippen molar-refractivity contribution in [3.05, 3.63) is 12.4 Å². The predicted molar refractivity (Wildman–Crippen MR) is 75.0 cm³/mol. The van der Waals surface area contributed by atoms with E-state index in [1.165, 1.54) is 0 Å². The Bertz CT molecular complexity index is 314. The number of imidazole rings is 1. The number of ether oxygens (including phenoxy) is 1. The maximum absolute atomic E-state index is 5.30. The highest BCUT2D eigenvalue weighted by atomic mass is 16.5. The van der Waals surface area contributed by atoms with E-state index >= 15 is 0 Å². The Labute approximate surface area is 110 Å². The highest BCUT2D eigenvalue weighted by molar-refractivity contribution is 5.25. The first-order valence-corrected chi connectivity index (χ1v) is 6.79. The number of likely N-dealkylation sites (N-methyl/N-ethyl adjacent to an activating group) is 1. The van der Waals surface area contributed by atoms with Gasteiger partial charge in [-0.15, -0.1) is 0 Å². The molecule has 0 radical (unpaired) electrons. The Kier molecular flexibility index (Phi) is 7.44. The molecule has 0 aliphatic carbocycles. The smallest absolute Gasteiger partial charge is 0.202 e. The van der Waals surface area contributed by atoms with Gasteiger partial charge in [0.05, 0.1) is 0 Å². The number of hydrogen-bond donors (Lipinski definition) is 1. The minimum Gasteiger partial charge on any atom is -0.382 e. The van der Waals surface area contributed by atoms with Crippen LogP contribution < -0.4 is 5.32 Å². The monoisotopic (exact) mass is 254 g/mol. The average Bonchev–Trinajstić information content (AvgIpc) is 2.83. The van der Waals surface area contributed by atoms with Crippen LogP contribution in [0.3, 0.4) is 0 Å². The van der Waals surface area contributed by atoms with Crippen LogP contribution in [0.1, 0.15) is 20.3 Å². The van der Waals surface area contributed by atoms with Crippen molar-refractivity contribution in [1.82, 2.24) is 14.5 Å². The minimum atomic E-state index is 0.790. The molecule has 0 unspecified atom stereocenters. The first-order valence-electron chi connectivity index (χ1n) is 6.79. The van der Waals surface area contributed by atoms with Crippen molar-refractivity contribution in [2.45, 2.75) is 26.8 Å². The van der Waals surface area contributed by atoms with Crippen LogP contribution in [0.25, 0.3) is 0 Å². The summed E-state index contributed by atoms with van der Waals surface area (Å²) in [5, 5.41) is 3.35. The number of hydrogen-bond acceptors (Lipinski definition) is 4. The highest BCUT2D eigenvalue weighted by Crippen LogP contribution is 2.04. The van der Waals surface area contributed by atoms with E-state index in [-0.39, 0.29) is 0 Å². The average molecular weight is 254 g/mol. The van der Waals surface area contributed by atoms with Crippen LogP contribution in [0.2, 0.25) is 0 Å². The van der Waals surface area contributed by atoms with Gasteiger partial charge in [0.2, 0.25) is 5.95 Å². The molecule has 0 spiro atoms. The lowest BCUT2D eigenvalue weighted by atomic mass is 10.4. The molecule has 0 aliphatic rings. The second-order valence-corrected chi connectivity index (χ2v) is 4.32. The third-order valence-corrected chi connectivity index (χ3v) is 2.93. The van der Waals surface area contributed by atoms with Crippen molar-refractivity contribution in [2.75, 3.05) is 45.2 Å². The van der Waals surface area contributed by atoms with Crippen molar-refractivity contribution in [1.29, 1.82) is 0 Å². The summed E-state index contributed by atoms with van der Waals surface area (Å²) in [4.78, 5) is 6.62. The SMILES string of the molecule is CCOCCCNc1nccn1CCN(C)CC. The van der Waals surface area contributed by atoms with Crippen LogP contribution in [0.5, 0.6) is 0 Å². The van der Waals surface area contributed by atoms with Crippen molar-refractivity contribution >= 4 is 5.95 Å². The third kappa shape index (κ3) is 5.51. The fourth-order valence-electron chi connectivity index (χ4n) is 1.61. The van der Waals surface area contributed by atoms with Crippen molar-refractivity contribution in [3.63, 3.8) is 0 Å². The molecular formula is C13H26N4O. The molecule has 1 N–H and O–H groups in total. The molecule has 5 heteroatoms. The minimum absolute atomic E-state index is 0.790. The van der Waals surface area contributed by atoms with Crippen LogP contribution in [0, 0.1) is 0 Å². The van der Waals surface area contributed by atoms with Gasteiger partial charge in [0.15, 0.2) is 0 Å². The van der Waals surface area contributed by atoms with Gasteiger partial charge in [0.25, 0.3) is 0 Å². The molecule has 1 aromatic rings. The molecule has 0 saturated carbocycles. The normalized spacial score (nSPS) is 11.1. The van der Waals surface area contributed by atoms with Gasteiger partial charge in [-0.25, -0.2) is 4.98 Å². The molecule has 5 nitrogen and oxygen atoms in total. The molecule has 0 saturated heterocycles. The Morgan fingerprint density at radius 2 is 2.28 bits per heavy atom. The van der Waals surface area contributed by atoms with E-state index in [1.807, 2.05) is 19.3 Å². The van der Waals surface area contributed by atoms with Crippen molar-refractivity contribution in [3.8, 4) is 0 Å². The van der Waals surface area contributed by atoms with Crippen LogP contribution in [-0.4, -0.2) is 54.3 Å². The molecule has 0 amide bonds. The first kappa shape index (κ1) is 15.0. The third-order valence-electron chi connectivity index (χ3n) is 2.93. The zero-order chi connectivity index (χ0) is 13.2. The Balaban J connectivity index is 2.26. The van der Waals surface area contributed by atoms with E-state index < -0.39 is 0 Å². The lowest BCUT2D eigenvalue weighted by molar-refractivity contribution is 0.147. The van der Waals surface area contributed by atoms with E-state index in [0.29, 0.717) is 0 Å². The molecule has 0 bridgehead atoms. The first-order chi connectivity index (χ1) is 8.77. The summed E-state index contributed by atoms with van der Waals surface area (Å²) in [7, 11) is 2.13. The van der Waals surface area contributed by atoms with Crippen LogP contribution in [-0.2, 0) is 11.3 Å². The van der Waals surface area contributed by atoms with E-state index in [2.05, 4.69) is 33.7 Å². The predicted octanol–water partition coefficient (Wildman–Crippen LogP) is 1.67. The number of anilines is 1. The van der Waals surface area contributed by atoms with E-state index in [0.717, 1.165) is 51.8 Å². The number of aromatic nitrogens is 2. The molecule has 0 aromatic carbocycles. The van der Waals surface area contributed by atoms with Gasteiger partial charge in [-0.1, -0.05) is 6.92 Å². The van der Waals surface area contributed by atoms with Gasteiger partial charge >= 0.3 is 0 Å². The van der Waals surface area contributed by atoms with Crippen molar-refractivity contribution < 1.29 is 4.74 Å². The highest BCUT2D eigenvalue weighted by Gasteiger charge is 2.02. The fourth-order valence-corrected chi connectivity index (χ4v) is 1.61. The van der Waals surface area contributed by atoms with Crippen LogP contribution >= 0.6 is 0 Å². The van der Waals surface area contributed by atoms with Crippen LogP contribution in [0.15, 0.2) is 12.4 Å². The molecule has 18 heavy (non-hydrogen) atoms. The topological polar surface area (TPSA) is 42.3 Å². The molecule has 1 rings (SSSR count). The molecule has 1 aromatic heterocycles. The van der Waals surface area contributed by atoms with E-state index in [9.17, 15) is 0 Å². The summed E-state index contributed by atoms with van der Waals surface area (Å²) in [6.07, 6.45) is 4.88. The largest absolute Gasteiger partial charge is 0.382 e. The quantitative estimate of drug-likeness (QED) is 0.645. The fraction of sp³-hybridized carbons (Fsp3) is 0.769. The Hall–Kier alpha value is -1.07. The maximum atomic E-state index is 5.30.